The van der Waals surface area contributed by atoms with Crippen LogP contribution in [0.1, 0.15) is 40.1 Å². The number of ether oxygens (including phenoxy) is 1. The molecule has 2 aliphatic rings. The highest BCUT2D eigenvalue weighted by Crippen LogP contribution is 2.38. The molecule has 20 heavy (non-hydrogen) atoms. The van der Waals surface area contributed by atoms with Gasteiger partial charge in [-0.2, -0.15) is 0 Å². The first-order valence-corrected chi connectivity index (χ1v) is 6.77. The van der Waals surface area contributed by atoms with Gasteiger partial charge >= 0.3 is 5.97 Å². The molecular weight excluding hydrogens is 260 g/mol. The van der Waals surface area contributed by atoms with Gasteiger partial charge in [0.2, 0.25) is 0 Å². The van der Waals surface area contributed by atoms with E-state index in [0.29, 0.717) is 18.1 Å². The minimum absolute atomic E-state index is 0.0245. The van der Waals surface area contributed by atoms with Crippen LogP contribution in [0.5, 0.6) is 0 Å². The van der Waals surface area contributed by atoms with E-state index in [0.717, 1.165) is 19.3 Å². The SMILES string of the molecule is O=C(NC1CCOC1C1CC1)c1ccnc(C(=O)O)c1. The summed E-state index contributed by atoms with van der Waals surface area (Å²) in [5, 5.41) is 11.8. The quantitative estimate of drug-likeness (QED) is 0.859. The predicted molar refractivity (Wildman–Crippen MR) is 69.5 cm³/mol. The molecule has 2 fully saturated rings. The van der Waals surface area contributed by atoms with Gasteiger partial charge in [0.1, 0.15) is 5.69 Å². The Balaban J connectivity index is 1.69. The van der Waals surface area contributed by atoms with E-state index in [2.05, 4.69) is 10.3 Å². The number of aromatic carboxylic acids is 1. The number of carboxylic acid groups (broad SMARTS) is 1. The maximum atomic E-state index is 12.2. The Hall–Kier alpha value is -1.95. The molecule has 6 heteroatoms. The molecule has 3 rings (SSSR count). The lowest BCUT2D eigenvalue weighted by Crippen LogP contribution is -2.41. The third kappa shape index (κ3) is 2.65. The molecule has 1 saturated heterocycles. The van der Waals surface area contributed by atoms with Crippen molar-refractivity contribution in [2.45, 2.75) is 31.4 Å². The third-order valence-corrected chi connectivity index (χ3v) is 3.78. The number of carboxylic acids is 1. The molecule has 2 heterocycles. The lowest BCUT2D eigenvalue weighted by Gasteiger charge is -2.19. The summed E-state index contributed by atoms with van der Waals surface area (Å²) < 4.78 is 5.67. The monoisotopic (exact) mass is 276 g/mol. The van der Waals surface area contributed by atoms with Crippen LogP contribution < -0.4 is 5.32 Å². The lowest BCUT2D eigenvalue weighted by atomic mass is 10.1. The van der Waals surface area contributed by atoms with Gasteiger partial charge in [-0.15, -0.1) is 0 Å². The summed E-state index contributed by atoms with van der Waals surface area (Å²) in [7, 11) is 0. The van der Waals surface area contributed by atoms with Crippen LogP contribution in [0.4, 0.5) is 0 Å². The maximum absolute atomic E-state index is 12.2. The zero-order chi connectivity index (χ0) is 14.1. The average Bonchev–Trinajstić information content (AvgIpc) is 3.19. The molecule has 6 nitrogen and oxygen atoms in total. The van der Waals surface area contributed by atoms with Crippen molar-refractivity contribution in [2.75, 3.05) is 6.61 Å². The van der Waals surface area contributed by atoms with Crippen LogP contribution in [-0.4, -0.2) is 40.7 Å². The van der Waals surface area contributed by atoms with Crippen LogP contribution in [-0.2, 0) is 4.74 Å². The molecule has 0 spiro atoms. The van der Waals surface area contributed by atoms with E-state index < -0.39 is 5.97 Å². The van der Waals surface area contributed by atoms with Gasteiger partial charge in [0.05, 0.1) is 12.1 Å². The van der Waals surface area contributed by atoms with Gasteiger partial charge in [0.25, 0.3) is 5.91 Å². The average molecular weight is 276 g/mol. The van der Waals surface area contributed by atoms with Crippen LogP contribution >= 0.6 is 0 Å². The van der Waals surface area contributed by atoms with Crippen LogP contribution in [0.2, 0.25) is 0 Å². The predicted octanol–water partition coefficient (Wildman–Crippen LogP) is 1.08. The number of nitrogens with one attached hydrogen (secondary N) is 1. The molecule has 0 radical (unpaired) electrons. The fourth-order valence-corrected chi connectivity index (χ4v) is 2.60. The van der Waals surface area contributed by atoms with Gasteiger partial charge in [0.15, 0.2) is 0 Å². The van der Waals surface area contributed by atoms with Gasteiger partial charge in [-0.3, -0.25) is 4.79 Å². The van der Waals surface area contributed by atoms with Crippen molar-refractivity contribution < 1.29 is 19.4 Å². The van der Waals surface area contributed by atoms with Crippen molar-refractivity contribution in [3.63, 3.8) is 0 Å². The molecule has 0 aromatic carbocycles. The Morgan fingerprint density at radius 3 is 2.85 bits per heavy atom. The van der Waals surface area contributed by atoms with Gasteiger partial charge < -0.3 is 15.2 Å². The van der Waals surface area contributed by atoms with Crippen LogP contribution in [0.3, 0.4) is 0 Å². The van der Waals surface area contributed by atoms with E-state index in [9.17, 15) is 9.59 Å². The van der Waals surface area contributed by atoms with Crippen molar-refractivity contribution in [3.05, 3.63) is 29.6 Å². The second kappa shape index (κ2) is 5.20. The van der Waals surface area contributed by atoms with E-state index in [1.54, 1.807) is 0 Å². The van der Waals surface area contributed by atoms with Gasteiger partial charge in [-0.25, -0.2) is 9.78 Å². The molecule has 1 aliphatic carbocycles. The normalized spacial score (nSPS) is 25.4. The topological polar surface area (TPSA) is 88.5 Å². The lowest BCUT2D eigenvalue weighted by molar-refractivity contribution is 0.0690. The summed E-state index contributed by atoms with van der Waals surface area (Å²) in [6.07, 6.45) is 4.58. The standard InChI is InChI=1S/C14H16N2O4/c17-13(9-3-5-15-11(7-9)14(18)19)16-10-4-6-20-12(10)8-1-2-8/h3,5,7-8,10,12H,1-2,4,6H2,(H,16,17)(H,18,19). The summed E-state index contributed by atoms with van der Waals surface area (Å²) in [6.45, 7) is 0.669. The number of carbonyl (C=O) groups excluding carboxylic acids is 1. The van der Waals surface area contributed by atoms with Crippen molar-refractivity contribution in [1.29, 1.82) is 0 Å². The van der Waals surface area contributed by atoms with E-state index in [1.807, 2.05) is 0 Å². The van der Waals surface area contributed by atoms with Crippen molar-refractivity contribution >= 4 is 11.9 Å². The molecular formula is C14H16N2O4. The molecule has 1 amide bonds. The number of carbonyl (C=O) groups is 2. The third-order valence-electron chi connectivity index (χ3n) is 3.78. The Bertz CT molecular complexity index is 542. The molecule has 1 aliphatic heterocycles. The fraction of sp³-hybridized carbons (Fsp3) is 0.500. The molecule has 2 N–H and O–H groups in total. The highest BCUT2D eigenvalue weighted by atomic mass is 16.5. The zero-order valence-electron chi connectivity index (χ0n) is 10.9. The van der Waals surface area contributed by atoms with E-state index in [4.69, 9.17) is 9.84 Å². The molecule has 1 aromatic rings. The number of pyridine rings is 1. The van der Waals surface area contributed by atoms with Crippen LogP contribution in [0.25, 0.3) is 0 Å². The number of rotatable bonds is 4. The van der Waals surface area contributed by atoms with Crippen molar-refractivity contribution in [3.8, 4) is 0 Å². The first kappa shape index (κ1) is 13.1. The summed E-state index contributed by atoms with van der Waals surface area (Å²) in [6, 6.07) is 2.83. The van der Waals surface area contributed by atoms with Crippen molar-refractivity contribution in [1.82, 2.24) is 10.3 Å². The largest absolute Gasteiger partial charge is 0.477 e. The first-order chi connectivity index (χ1) is 9.65. The molecule has 106 valence electrons. The summed E-state index contributed by atoms with van der Waals surface area (Å²) in [5.74, 6) is -0.842. The summed E-state index contributed by atoms with van der Waals surface area (Å²) >= 11 is 0. The van der Waals surface area contributed by atoms with E-state index >= 15 is 0 Å². The summed E-state index contributed by atoms with van der Waals surface area (Å²) in [4.78, 5) is 26.7. The number of amides is 1. The zero-order valence-corrected chi connectivity index (χ0v) is 10.9. The fourth-order valence-electron chi connectivity index (χ4n) is 2.60. The molecule has 2 unspecified atom stereocenters. The smallest absolute Gasteiger partial charge is 0.354 e. The highest BCUT2D eigenvalue weighted by molar-refractivity contribution is 5.96. The summed E-state index contributed by atoms with van der Waals surface area (Å²) in [5.41, 5.74) is 0.193. The molecule has 1 saturated carbocycles. The minimum Gasteiger partial charge on any atom is -0.477 e. The van der Waals surface area contributed by atoms with Crippen molar-refractivity contribution in [2.24, 2.45) is 5.92 Å². The number of aromatic nitrogens is 1. The minimum atomic E-state index is -1.14. The second-order valence-electron chi connectivity index (χ2n) is 5.28. The van der Waals surface area contributed by atoms with Gasteiger partial charge in [0, 0.05) is 18.4 Å². The van der Waals surface area contributed by atoms with E-state index in [1.165, 1.54) is 18.3 Å². The van der Waals surface area contributed by atoms with E-state index in [-0.39, 0.29) is 23.7 Å². The Kier molecular flexibility index (Phi) is 3.40. The first-order valence-electron chi connectivity index (χ1n) is 6.77. The Morgan fingerprint density at radius 1 is 1.35 bits per heavy atom. The van der Waals surface area contributed by atoms with Crippen LogP contribution in [0, 0.1) is 5.92 Å². The number of hydrogen-bond acceptors (Lipinski definition) is 4. The highest BCUT2D eigenvalue weighted by Gasteiger charge is 2.41. The number of hydrogen-bond donors (Lipinski definition) is 2. The molecule has 0 bridgehead atoms. The number of nitrogens with zero attached hydrogens (tertiary/aromatic N) is 1. The maximum Gasteiger partial charge on any atom is 0.354 e. The molecule has 2 atom stereocenters. The van der Waals surface area contributed by atoms with Gasteiger partial charge in [-0.1, -0.05) is 0 Å². The van der Waals surface area contributed by atoms with Crippen LogP contribution in [0.15, 0.2) is 18.3 Å². The van der Waals surface area contributed by atoms with Gasteiger partial charge in [-0.05, 0) is 37.3 Å². The Morgan fingerprint density at radius 2 is 2.15 bits per heavy atom. The second-order valence-corrected chi connectivity index (χ2v) is 5.28. The molecule has 1 aromatic heterocycles. The Labute approximate surface area is 116 Å².